The fourth-order valence-corrected chi connectivity index (χ4v) is 4.64. The van der Waals surface area contributed by atoms with Crippen LogP contribution in [0.15, 0.2) is 47.8 Å². The number of imidazole rings is 1. The number of benzene rings is 1. The number of carbonyl (C=O) groups is 5. The number of nitrogens with zero attached hydrogens (tertiary/aromatic N) is 2. The summed E-state index contributed by atoms with van der Waals surface area (Å²) in [5.41, 5.74) is 17.6. The summed E-state index contributed by atoms with van der Waals surface area (Å²) >= 11 is 0. The molecule has 0 unspecified atom stereocenters. The van der Waals surface area contributed by atoms with Crippen molar-refractivity contribution in [1.82, 2.24) is 31.2 Å². The Bertz CT molecular complexity index is 1250. The van der Waals surface area contributed by atoms with Crippen LogP contribution < -0.4 is 38.5 Å². The van der Waals surface area contributed by atoms with E-state index in [9.17, 15) is 24.0 Å². The number of aromatic amines is 1. The molecule has 0 radical (unpaired) electrons. The molecule has 252 valence electrons. The highest BCUT2D eigenvalue weighted by Crippen LogP contribution is 2.09. The SMILES string of the molecule is CCCC[C@H](NC(=O)c1ccccc1)C(=O)N[C@@H](CCCCN)C(=O)N[C@@H](CCCN=C(N)N)C(=O)N[C@H](C=O)Cc1cnc[nH]1. The van der Waals surface area contributed by atoms with Crippen LogP contribution in [0.1, 0.15) is 74.3 Å². The van der Waals surface area contributed by atoms with E-state index in [0.717, 1.165) is 6.42 Å². The second kappa shape index (κ2) is 21.0. The van der Waals surface area contributed by atoms with E-state index in [0.29, 0.717) is 56.2 Å². The number of carbonyl (C=O) groups excluding carboxylic acids is 5. The number of unbranched alkanes of at least 4 members (excludes halogenated alkanes) is 2. The van der Waals surface area contributed by atoms with Crippen LogP contribution in [0.25, 0.3) is 0 Å². The zero-order chi connectivity index (χ0) is 33.7. The molecule has 15 heteroatoms. The lowest BCUT2D eigenvalue weighted by Gasteiger charge is -2.26. The summed E-state index contributed by atoms with van der Waals surface area (Å²) in [7, 11) is 0. The van der Waals surface area contributed by atoms with E-state index in [2.05, 4.69) is 36.2 Å². The molecule has 1 aromatic heterocycles. The second-order valence-corrected chi connectivity index (χ2v) is 10.9. The number of H-pyrrole nitrogens is 1. The minimum Gasteiger partial charge on any atom is -0.370 e. The predicted octanol–water partition coefficient (Wildman–Crippen LogP) is -0.223. The molecule has 15 nitrogen and oxygen atoms in total. The van der Waals surface area contributed by atoms with E-state index in [1.165, 1.54) is 6.33 Å². The average molecular weight is 641 g/mol. The smallest absolute Gasteiger partial charge is 0.251 e. The maximum Gasteiger partial charge on any atom is 0.251 e. The Hall–Kier alpha value is -4.79. The van der Waals surface area contributed by atoms with Crippen LogP contribution in [-0.4, -0.2) is 83.1 Å². The van der Waals surface area contributed by atoms with Crippen LogP contribution in [0.3, 0.4) is 0 Å². The van der Waals surface area contributed by atoms with Gasteiger partial charge < -0.3 is 48.2 Å². The zero-order valence-electron chi connectivity index (χ0n) is 26.4. The minimum absolute atomic E-state index is 0.106. The molecule has 4 atom stereocenters. The molecule has 1 heterocycles. The molecule has 2 aromatic rings. The van der Waals surface area contributed by atoms with Gasteiger partial charge in [0.25, 0.3) is 5.91 Å². The van der Waals surface area contributed by atoms with Crippen molar-refractivity contribution in [2.45, 2.75) is 88.9 Å². The summed E-state index contributed by atoms with van der Waals surface area (Å²) in [6.07, 6.45) is 7.52. The number of hydrogen-bond donors (Lipinski definition) is 8. The van der Waals surface area contributed by atoms with Crippen molar-refractivity contribution in [2.24, 2.45) is 22.2 Å². The standard InChI is InChI=1S/C31H48N10O5/c1-2-3-12-24(39-27(43)21-10-5-4-6-11-21)29(45)40-25(13-7-8-15-32)30(46)41-26(14-9-16-36-31(33)34)28(44)38-23(19-42)17-22-18-35-20-37-22/h4-6,10-11,18-20,23-26H,2-3,7-9,12-17,32H2,1H3,(H,35,37)(H,38,44)(H,39,43)(H,40,45)(H,41,46)(H4,33,34,36)/t23-,24-,25-,26-/m0/s1. The summed E-state index contributed by atoms with van der Waals surface area (Å²) in [5.74, 6) is -2.20. The quantitative estimate of drug-likeness (QED) is 0.0366. The van der Waals surface area contributed by atoms with Crippen LogP contribution >= 0.6 is 0 Å². The van der Waals surface area contributed by atoms with Gasteiger partial charge in [0.1, 0.15) is 24.4 Å². The van der Waals surface area contributed by atoms with E-state index in [4.69, 9.17) is 17.2 Å². The highest BCUT2D eigenvalue weighted by molar-refractivity contribution is 5.98. The van der Waals surface area contributed by atoms with Crippen LogP contribution in [-0.2, 0) is 25.6 Å². The highest BCUT2D eigenvalue weighted by atomic mass is 16.2. The topological polar surface area (TPSA) is 253 Å². The molecule has 0 fully saturated rings. The van der Waals surface area contributed by atoms with Crippen molar-refractivity contribution < 1.29 is 24.0 Å². The number of rotatable bonds is 22. The van der Waals surface area contributed by atoms with Gasteiger partial charge in [0.05, 0.1) is 12.4 Å². The van der Waals surface area contributed by atoms with E-state index >= 15 is 0 Å². The molecule has 0 saturated carbocycles. The first kappa shape index (κ1) is 37.4. The number of nitrogens with two attached hydrogens (primary N) is 3. The summed E-state index contributed by atoms with van der Waals surface area (Å²) in [6, 6.07) is 4.70. The third-order valence-corrected chi connectivity index (χ3v) is 7.15. The van der Waals surface area contributed by atoms with E-state index in [1.54, 1.807) is 36.5 Å². The van der Waals surface area contributed by atoms with Crippen LogP contribution in [0.2, 0.25) is 0 Å². The Morgan fingerprint density at radius 1 is 0.870 bits per heavy atom. The van der Waals surface area contributed by atoms with Crippen molar-refractivity contribution in [3.8, 4) is 0 Å². The molecule has 0 aliphatic heterocycles. The lowest BCUT2D eigenvalue weighted by Crippen LogP contribution is -2.57. The summed E-state index contributed by atoms with van der Waals surface area (Å²) < 4.78 is 0. The monoisotopic (exact) mass is 640 g/mol. The first-order valence-corrected chi connectivity index (χ1v) is 15.6. The summed E-state index contributed by atoms with van der Waals surface area (Å²) in [6.45, 7) is 2.58. The number of aldehydes is 1. The van der Waals surface area contributed by atoms with Gasteiger partial charge in [-0.05, 0) is 57.2 Å². The molecule has 1 aromatic carbocycles. The zero-order valence-corrected chi connectivity index (χ0v) is 26.4. The molecule has 0 saturated heterocycles. The van der Waals surface area contributed by atoms with Gasteiger partial charge >= 0.3 is 0 Å². The molecule has 0 bridgehead atoms. The lowest BCUT2D eigenvalue weighted by molar-refractivity contribution is -0.133. The molecule has 0 aliphatic carbocycles. The maximum atomic E-state index is 13.6. The van der Waals surface area contributed by atoms with Gasteiger partial charge in [-0.25, -0.2) is 4.98 Å². The van der Waals surface area contributed by atoms with Crippen molar-refractivity contribution in [3.63, 3.8) is 0 Å². The fraction of sp³-hybridized carbons (Fsp3) is 0.516. The molecular formula is C31H48N10O5. The van der Waals surface area contributed by atoms with Gasteiger partial charge in [-0.2, -0.15) is 0 Å². The van der Waals surface area contributed by atoms with Crippen LogP contribution in [0.5, 0.6) is 0 Å². The normalized spacial score (nSPS) is 13.3. The Morgan fingerprint density at radius 3 is 2.04 bits per heavy atom. The second-order valence-electron chi connectivity index (χ2n) is 10.9. The van der Waals surface area contributed by atoms with Gasteiger partial charge in [0.2, 0.25) is 17.7 Å². The van der Waals surface area contributed by atoms with Crippen molar-refractivity contribution in [1.29, 1.82) is 0 Å². The van der Waals surface area contributed by atoms with E-state index < -0.39 is 47.8 Å². The third kappa shape index (κ3) is 13.9. The Kier molecular flexibility index (Phi) is 17.1. The van der Waals surface area contributed by atoms with Crippen molar-refractivity contribution in [2.75, 3.05) is 13.1 Å². The predicted molar refractivity (Wildman–Crippen MR) is 174 cm³/mol. The molecular weight excluding hydrogens is 592 g/mol. The third-order valence-electron chi connectivity index (χ3n) is 7.15. The molecule has 0 spiro atoms. The van der Waals surface area contributed by atoms with Crippen LogP contribution in [0.4, 0.5) is 0 Å². The number of aliphatic imine (C=N–C) groups is 1. The molecule has 46 heavy (non-hydrogen) atoms. The molecule has 11 N–H and O–H groups in total. The van der Waals surface area contributed by atoms with Crippen LogP contribution in [0, 0.1) is 0 Å². The molecule has 0 aliphatic rings. The number of amides is 4. The van der Waals surface area contributed by atoms with Crippen molar-refractivity contribution in [3.05, 3.63) is 54.1 Å². The highest BCUT2D eigenvalue weighted by Gasteiger charge is 2.30. The maximum absolute atomic E-state index is 13.6. The van der Waals surface area contributed by atoms with Gasteiger partial charge in [-0.3, -0.25) is 24.2 Å². The Morgan fingerprint density at radius 2 is 1.48 bits per heavy atom. The Labute approximate surface area is 269 Å². The summed E-state index contributed by atoms with van der Waals surface area (Å²) in [5, 5.41) is 11.0. The average Bonchev–Trinajstić information content (AvgIpc) is 3.56. The van der Waals surface area contributed by atoms with Gasteiger partial charge in [-0.15, -0.1) is 0 Å². The largest absolute Gasteiger partial charge is 0.370 e. The molecule has 4 amide bonds. The first-order valence-electron chi connectivity index (χ1n) is 15.6. The van der Waals surface area contributed by atoms with Crippen molar-refractivity contribution >= 4 is 35.9 Å². The van der Waals surface area contributed by atoms with Gasteiger partial charge in [-0.1, -0.05) is 38.0 Å². The van der Waals surface area contributed by atoms with E-state index in [1.807, 2.05) is 6.92 Å². The number of aromatic nitrogens is 2. The number of nitrogens with one attached hydrogen (secondary N) is 5. The fourth-order valence-electron chi connectivity index (χ4n) is 4.64. The van der Waals surface area contributed by atoms with Gasteiger partial charge in [0.15, 0.2) is 5.96 Å². The first-order chi connectivity index (χ1) is 22.2. The minimum atomic E-state index is -1.06. The number of hydrogen-bond acceptors (Lipinski definition) is 8. The lowest BCUT2D eigenvalue weighted by atomic mass is 10.0. The van der Waals surface area contributed by atoms with Gasteiger partial charge in [0, 0.05) is 30.4 Å². The number of guanidine groups is 1. The summed E-state index contributed by atoms with van der Waals surface area (Å²) in [4.78, 5) is 75.9. The molecule has 2 rings (SSSR count). The van der Waals surface area contributed by atoms with E-state index in [-0.39, 0.29) is 31.8 Å². The Balaban J connectivity index is 2.21.